The van der Waals surface area contributed by atoms with Gasteiger partial charge in [-0.3, -0.25) is 0 Å². The topological polar surface area (TPSA) is 143 Å². The maximum absolute atomic E-state index is 12.4. The zero-order chi connectivity index (χ0) is 26.9. The van der Waals surface area contributed by atoms with Gasteiger partial charge in [0.05, 0.1) is 40.8 Å². The van der Waals surface area contributed by atoms with Crippen LogP contribution in [0.5, 0.6) is 0 Å². The van der Waals surface area contributed by atoms with Gasteiger partial charge in [0.25, 0.3) is 0 Å². The summed E-state index contributed by atoms with van der Waals surface area (Å²) < 4.78 is 0. The summed E-state index contributed by atoms with van der Waals surface area (Å²) in [6, 6.07) is 0. The zero-order valence-corrected chi connectivity index (χ0v) is 22.7. The third-order valence-corrected chi connectivity index (χ3v) is 10.7. The minimum Gasteiger partial charge on any atom is -0.399 e. The van der Waals surface area contributed by atoms with E-state index in [1.807, 2.05) is 13.0 Å². The van der Waals surface area contributed by atoms with E-state index in [1.165, 1.54) is 7.11 Å². The molecule has 0 radical (unpaired) electrons. The van der Waals surface area contributed by atoms with Crippen molar-refractivity contribution in [2.24, 2.45) is 33.7 Å². The van der Waals surface area contributed by atoms with E-state index in [0.717, 1.165) is 12.0 Å². The van der Waals surface area contributed by atoms with Crippen molar-refractivity contribution in [3.63, 3.8) is 0 Å². The van der Waals surface area contributed by atoms with Crippen LogP contribution in [0, 0.1) is 28.6 Å². The summed E-state index contributed by atoms with van der Waals surface area (Å²) in [5.74, 6) is -0.440. The molecular weight excluding hydrogens is 462 g/mol. The van der Waals surface area contributed by atoms with Gasteiger partial charge in [0.1, 0.15) is 7.11 Å². The van der Waals surface area contributed by atoms with Crippen molar-refractivity contribution < 1.29 is 35.5 Å². The van der Waals surface area contributed by atoms with E-state index in [9.17, 15) is 30.6 Å². The number of hydrogen-bond donors (Lipinski definition) is 6. The quantitative estimate of drug-likeness (QED) is 0.302. The van der Waals surface area contributed by atoms with Gasteiger partial charge in [-0.1, -0.05) is 19.0 Å². The van der Waals surface area contributed by atoms with E-state index in [0.29, 0.717) is 44.2 Å². The summed E-state index contributed by atoms with van der Waals surface area (Å²) in [7, 11) is 1.49. The summed E-state index contributed by atoms with van der Waals surface area (Å²) in [5.41, 5.74) is -3.11. The first kappa shape index (κ1) is 28.0. The summed E-state index contributed by atoms with van der Waals surface area (Å²) in [6.45, 7) is 9.20. The molecule has 0 amide bonds. The zero-order valence-electron chi connectivity index (χ0n) is 22.7. The molecule has 8 heteroatoms. The van der Waals surface area contributed by atoms with E-state index in [-0.39, 0.29) is 24.2 Å². The predicted molar refractivity (Wildman–Crippen MR) is 136 cm³/mol. The van der Waals surface area contributed by atoms with Crippen LogP contribution in [0.3, 0.4) is 0 Å². The van der Waals surface area contributed by atoms with Gasteiger partial charge >= 0.3 is 0 Å². The molecule has 4 aliphatic rings. The van der Waals surface area contributed by atoms with E-state index >= 15 is 0 Å². The molecule has 0 spiro atoms. The second-order valence-corrected chi connectivity index (χ2v) is 13.5. The highest BCUT2D eigenvalue weighted by Crippen LogP contribution is 2.68. The average molecular weight is 510 g/mol. The summed E-state index contributed by atoms with van der Waals surface area (Å²) in [4.78, 5) is 5.17. The third kappa shape index (κ3) is 4.16. The van der Waals surface area contributed by atoms with Gasteiger partial charge in [0.15, 0.2) is 0 Å². The van der Waals surface area contributed by atoms with Crippen LogP contribution in [0.1, 0.15) is 86.0 Å². The Morgan fingerprint density at radius 1 is 1.08 bits per heavy atom. The van der Waals surface area contributed by atoms with Crippen molar-refractivity contribution >= 4 is 5.71 Å². The van der Waals surface area contributed by atoms with Gasteiger partial charge in [-0.15, -0.1) is 0 Å². The Kier molecular flexibility index (Phi) is 7.02. The minimum atomic E-state index is -1.44. The maximum Gasteiger partial charge on any atom is 0.106 e. The van der Waals surface area contributed by atoms with Crippen molar-refractivity contribution in [1.82, 2.24) is 0 Å². The molecule has 4 rings (SSSR count). The number of oxime groups is 1. The monoisotopic (exact) mass is 509 g/mol. The molecule has 0 heterocycles. The van der Waals surface area contributed by atoms with Crippen LogP contribution in [0.25, 0.3) is 0 Å². The normalized spacial score (nSPS) is 46.3. The average Bonchev–Trinajstić information content (AvgIpc) is 3.05. The van der Waals surface area contributed by atoms with E-state index in [2.05, 4.69) is 12.1 Å². The fourth-order valence-corrected chi connectivity index (χ4v) is 8.54. The SMILES string of the molecule is CO/N=C1\C=C2C(CC[C@]3(C)[C@@H](C(C)(O)C(O)CCC(C)(C)O)CC[C@@]23O)[C@@]2(C)C[C@H](O)[C@H](O)C[C@@H]12. The lowest BCUT2D eigenvalue weighted by Gasteiger charge is -2.61. The Balaban J connectivity index is 1.71. The Morgan fingerprint density at radius 3 is 2.36 bits per heavy atom. The van der Waals surface area contributed by atoms with Gasteiger partial charge < -0.3 is 35.5 Å². The number of nitrogens with zero attached hydrogens (tertiary/aromatic N) is 1. The molecule has 0 aromatic carbocycles. The molecule has 3 saturated carbocycles. The van der Waals surface area contributed by atoms with Crippen LogP contribution in [0.2, 0.25) is 0 Å². The first-order chi connectivity index (χ1) is 16.5. The molecule has 0 bridgehead atoms. The lowest BCUT2D eigenvalue weighted by molar-refractivity contribution is -0.172. The maximum atomic E-state index is 12.4. The molecule has 0 saturated heterocycles. The first-order valence-corrected chi connectivity index (χ1v) is 13.6. The largest absolute Gasteiger partial charge is 0.399 e. The van der Waals surface area contributed by atoms with Crippen molar-refractivity contribution in [3.8, 4) is 0 Å². The number of aliphatic hydroxyl groups is 6. The van der Waals surface area contributed by atoms with E-state index < -0.39 is 45.9 Å². The molecule has 4 aliphatic carbocycles. The second kappa shape index (κ2) is 9.02. The highest BCUT2D eigenvalue weighted by Gasteiger charge is 2.69. The summed E-state index contributed by atoms with van der Waals surface area (Å²) in [5, 5.41) is 70.6. The molecule has 0 aromatic heterocycles. The standard InChI is InChI=1S/C28H47NO7/c1-24(2,33)10-9-23(32)27(5,34)22-8-12-28(35)17-13-19(29-36-6)18-14-20(30)21(31)15-25(18,3)16(17)7-11-26(22,28)4/h13,16,18,20-23,30-35H,7-12,14-15H2,1-6H3/b29-19+/t16?,18-,20+,21-,22-,23?,25+,26+,27?,28+/m0/s1. The Hall–Kier alpha value is -1.03. The highest BCUT2D eigenvalue weighted by molar-refractivity contribution is 5.99. The van der Waals surface area contributed by atoms with Gasteiger partial charge in [0.2, 0.25) is 0 Å². The van der Waals surface area contributed by atoms with E-state index in [4.69, 9.17) is 4.84 Å². The fourth-order valence-electron chi connectivity index (χ4n) is 8.54. The summed E-state index contributed by atoms with van der Waals surface area (Å²) >= 11 is 0. The van der Waals surface area contributed by atoms with Crippen LogP contribution in [-0.2, 0) is 4.84 Å². The number of allylic oxidation sites excluding steroid dienone is 1. The molecule has 206 valence electrons. The smallest absolute Gasteiger partial charge is 0.106 e. The molecular formula is C28H47NO7. The van der Waals surface area contributed by atoms with E-state index in [1.54, 1.807) is 20.8 Å². The number of rotatable bonds is 6. The van der Waals surface area contributed by atoms with Crippen LogP contribution < -0.4 is 0 Å². The van der Waals surface area contributed by atoms with Gasteiger partial charge in [-0.2, -0.15) is 0 Å². The molecule has 0 aliphatic heterocycles. The first-order valence-electron chi connectivity index (χ1n) is 13.6. The van der Waals surface area contributed by atoms with Crippen molar-refractivity contribution in [3.05, 3.63) is 11.6 Å². The van der Waals surface area contributed by atoms with Gasteiger partial charge in [-0.25, -0.2) is 0 Å². The third-order valence-electron chi connectivity index (χ3n) is 10.7. The minimum absolute atomic E-state index is 0.00217. The summed E-state index contributed by atoms with van der Waals surface area (Å²) in [6.07, 6.45) is 3.13. The number of aliphatic hydroxyl groups excluding tert-OH is 3. The molecule has 3 fully saturated rings. The number of hydrogen-bond acceptors (Lipinski definition) is 8. The van der Waals surface area contributed by atoms with Crippen molar-refractivity contribution in [2.75, 3.05) is 7.11 Å². The molecule has 3 unspecified atom stereocenters. The van der Waals surface area contributed by atoms with Gasteiger partial charge in [-0.05, 0) is 101 Å². The molecule has 8 nitrogen and oxygen atoms in total. The predicted octanol–water partition coefficient (Wildman–Crippen LogP) is 2.29. The Morgan fingerprint density at radius 2 is 1.75 bits per heavy atom. The van der Waals surface area contributed by atoms with Crippen LogP contribution in [-0.4, -0.2) is 78.6 Å². The Labute approximate surface area is 215 Å². The van der Waals surface area contributed by atoms with Gasteiger partial charge in [0, 0.05) is 11.3 Å². The highest BCUT2D eigenvalue weighted by atomic mass is 16.6. The second-order valence-electron chi connectivity index (χ2n) is 13.5. The van der Waals surface area contributed by atoms with Crippen LogP contribution >= 0.6 is 0 Å². The number of fused-ring (bicyclic) bond motifs is 5. The van der Waals surface area contributed by atoms with Crippen LogP contribution in [0.15, 0.2) is 16.8 Å². The molecule has 36 heavy (non-hydrogen) atoms. The lowest BCUT2D eigenvalue weighted by atomic mass is 9.45. The molecule has 6 N–H and O–H groups in total. The molecule has 0 aromatic rings. The van der Waals surface area contributed by atoms with Crippen molar-refractivity contribution in [2.45, 2.75) is 121 Å². The van der Waals surface area contributed by atoms with Crippen molar-refractivity contribution in [1.29, 1.82) is 0 Å². The fraction of sp³-hybridized carbons (Fsp3) is 0.893. The Bertz CT molecular complexity index is 910. The molecule has 10 atom stereocenters. The van der Waals surface area contributed by atoms with Crippen LogP contribution in [0.4, 0.5) is 0 Å². The lowest BCUT2D eigenvalue weighted by Crippen LogP contribution is -2.62.